The Morgan fingerprint density at radius 3 is 2.65 bits per heavy atom. The van der Waals surface area contributed by atoms with Gasteiger partial charge in [0.25, 0.3) is 0 Å². The molecule has 0 spiro atoms. The number of benzene rings is 1. The summed E-state index contributed by atoms with van der Waals surface area (Å²) in [5.41, 5.74) is 8.82. The summed E-state index contributed by atoms with van der Waals surface area (Å²) in [5.74, 6) is 0.372. The highest BCUT2D eigenvalue weighted by Crippen LogP contribution is 2.24. The van der Waals surface area contributed by atoms with Crippen LogP contribution in [0.15, 0.2) is 30.5 Å². The minimum atomic E-state index is -0.222. The third-order valence-corrected chi connectivity index (χ3v) is 2.63. The van der Waals surface area contributed by atoms with E-state index >= 15 is 0 Å². The van der Waals surface area contributed by atoms with Crippen molar-refractivity contribution in [1.29, 1.82) is 0 Å². The van der Waals surface area contributed by atoms with Crippen LogP contribution in [0, 0.1) is 19.7 Å². The molecule has 0 saturated carbocycles. The molecule has 2 aromatic rings. The molecule has 1 aromatic heterocycles. The number of nitrogens with zero attached hydrogens (tertiary/aromatic N) is 1. The van der Waals surface area contributed by atoms with Crippen LogP contribution in [-0.4, -0.2) is 4.98 Å². The molecule has 0 unspecified atom stereocenters. The third-order valence-electron chi connectivity index (χ3n) is 2.63. The molecule has 0 atom stereocenters. The van der Waals surface area contributed by atoms with Gasteiger partial charge in [0.15, 0.2) is 5.82 Å². The van der Waals surface area contributed by atoms with Gasteiger partial charge in [0.2, 0.25) is 0 Å². The molecule has 0 fully saturated rings. The lowest BCUT2D eigenvalue weighted by molar-refractivity contribution is 0.619. The molecule has 88 valence electrons. The summed E-state index contributed by atoms with van der Waals surface area (Å²) in [7, 11) is 0. The second-order valence-electron chi connectivity index (χ2n) is 3.98. The molecule has 3 nitrogen and oxygen atoms in total. The first-order chi connectivity index (χ1) is 8.08. The molecule has 17 heavy (non-hydrogen) atoms. The van der Waals surface area contributed by atoms with Crippen molar-refractivity contribution in [2.45, 2.75) is 13.8 Å². The van der Waals surface area contributed by atoms with Crippen molar-refractivity contribution in [3.8, 4) is 0 Å². The summed E-state index contributed by atoms with van der Waals surface area (Å²) in [6.07, 6.45) is 1.68. The van der Waals surface area contributed by atoms with E-state index in [1.54, 1.807) is 25.3 Å². The average molecular weight is 231 g/mol. The van der Waals surface area contributed by atoms with Crippen molar-refractivity contribution >= 4 is 17.2 Å². The molecule has 3 N–H and O–H groups in total. The lowest BCUT2D eigenvalue weighted by atomic mass is 10.2. The van der Waals surface area contributed by atoms with Crippen LogP contribution in [0.4, 0.5) is 21.6 Å². The average Bonchev–Trinajstić information content (AvgIpc) is 2.30. The molecule has 0 radical (unpaired) electrons. The van der Waals surface area contributed by atoms with Crippen LogP contribution in [0.2, 0.25) is 0 Å². The SMILES string of the molecule is Cc1cc(Nc2nccc(C)c2N)ccc1F. The molecule has 0 aliphatic carbocycles. The number of nitrogen functional groups attached to an aromatic ring is 1. The van der Waals surface area contributed by atoms with Gasteiger partial charge in [-0.3, -0.25) is 0 Å². The predicted molar refractivity (Wildman–Crippen MR) is 67.8 cm³/mol. The van der Waals surface area contributed by atoms with E-state index in [9.17, 15) is 4.39 Å². The first-order valence-corrected chi connectivity index (χ1v) is 5.32. The van der Waals surface area contributed by atoms with Gasteiger partial charge in [0.1, 0.15) is 5.82 Å². The van der Waals surface area contributed by atoms with E-state index in [4.69, 9.17) is 5.73 Å². The number of rotatable bonds is 2. The zero-order chi connectivity index (χ0) is 12.4. The van der Waals surface area contributed by atoms with Gasteiger partial charge in [-0.15, -0.1) is 0 Å². The molecule has 1 aromatic carbocycles. The largest absolute Gasteiger partial charge is 0.396 e. The summed E-state index contributed by atoms with van der Waals surface area (Å²) in [6.45, 7) is 3.63. The van der Waals surface area contributed by atoms with Gasteiger partial charge in [0, 0.05) is 11.9 Å². The highest BCUT2D eigenvalue weighted by molar-refractivity contribution is 5.71. The topological polar surface area (TPSA) is 50.9 Å². The highest BCUT2D eigenvalue weighted by Gasteiger charge is 2.04. The van der Waals surface area contributed by atoms with E-state index < -0.39 is 0 Å². The van der Waals surface area contributed by atoms with Gasteiger partial charge in [-0.1, -0.05) is 0 Å². The normalized spacial score (nSPS) is 10.3. The third kappa shape index (κ3) is 2.36. The van der Waals surface area contributed by atoms with Gasteiger partial charge < -0.3 is 11.1 Å². The van der Waals surface area contributed by atoms with Crippen LogP contribution in [0.5, 0.6) is 0 Å². The lowest BCUT2D eigenvalue weighted by Gasteiger charge is -2.10. The quantitative estimate of drug-likeness (QED) is 0.834. The van der Waals surface area contributed by atoms with Crippen LogP contribution >= 0.6 is 0 Å². The summed E-state index contributed by atoms with van der Waals surface area (Å²) in [4.78, 5) is 4.16. The van der Waals surface area contributed by atoms with E-state index in [0.29, 0.717) is 17.1 Å². The molecule has 2 rings (SSSR count). The summed E-state index contributed by atoms with van der Waals surface area (Å²) in [5, 5.41) is 3.08. The second-order valence-corrected chi connectivity index (χ2v) is 3.98. The van der Waals surface area contributed by atoms with Crippen molar-refractivity contribution < 1.29 is 4.39 Å². The summed E-state index contributed by atoms with van der Waals surface area (Å²) in [6, 6.07) is 6.64. The molecule has 1 heterocycles. The maximum atomic E-state index is 13.1. The molecule has 4 heteroatoms. The Hall–Kier alpha value is -2.10. The minimum absolute atomic E-state index is 0.222. The standard InChI is InChI=1S/C13H14FN3/c1-8-5-6-16-13(12(8)15)17-10-3-4-11(14)9(2)7-10/h3-7H,15H2,1-2H3,(H,16,17). The van der Waals surface area contributed by atoms with E-state index in [-0.39, 0.29) is 5.82 Å². The Morgan fingerprint density at radius 1 is 1.18 bits per heavy atom. The van der Waals surface area contributed by atoms with E-state index in [1.807, 2.05) is 13.0 Å². The van der Waals surface area contributed by atoms with Crippen LogP contribution in [0.3, 0.4) is 0 Å². The number of pyridine rings is 1. The Bertz CT molecular complexity index is 552. The van der Waals surface area contributed by atoms with Crippen LogP contribution in [-0.2, 0) is 0 Å². The van der Waals surface area contributed by atoms with Crippen molar-refractivity contribution in [3.05, 3.63) is 47.4 Å². The highest BCUT2D eigenvalue weighted by atomic mass is 19.1. The van der Waals surface area contributed by atoms with Gasteiger partial charge >= 0.3 is 0 Å². The number of hydrogen-bond donors (Lipinski definition) is 2. The fourth-order valence-corrected chi connectivity index (χ4v) is 1.53. The van der Waals surface area contributed by atoms with Crippen molar-refractivity contribution in [1.82, 2.24) is 4.98 Å². The minimum Gasteiger partial charge on any atom is -0.396 e. The predicted octanol–water partition coefficient (Wildman–Crippen LogP) is 3.16. The van der Waals surface area contributed by atoms with E-state index in [0.717, 1.165) is 11.3 Å². The Labute approximate surface area is 99.5 Å². The number of nitrogens with two attached hydrogens (primary N) is 1. The van der Waals surface area contributed by atoms with Gasteiger partial charge in [0.05, 0.1) is 5.69 Å². The van der Waals surface area contributed by atoms with E-state index in [1.165, 1.54) is 6.07 Å². The monoisotopic (exact) mass is 231 g/mol. The summed E-state index contributed by atoms with van der Waals surface area (Å²) < 4.78 is 13.1. The maximum Gasteiger partial charge on any atom is 0.153 e. The van der Waals surface area contributed by atoms with Gasteiger partial charge in [-0.2, -0.15) is 0 Å². The molecular weight excluding hydrogens is 217 g/mol. The maximum absolute atomic E-state index is 13.1. The Kier molecular flexibility index (Phi) is 2.95. The number of anilines is 3. The molecular formula is C13H14FN3. The number of halogens is 1. The fourth-order valence-electron chi connectivity index (χ4n) is 1.53. The zero-order valence-corrected chi connectivity index (χ0v) is 9.79. The van der Waals surface area contributed by atoms with Crippen LogP contribution in [0.25, 0.3) is 0 Å². The van der Waals surface area contributed by atoms with Crippen LogP contribution < -0.4 is 11.1 Å². The number of hydrogen-bond acceptors (Lipinski definition) is 3. The smallest absolute Gasteiger partial charge is 0.153 e. The Balaban J connectivity index is 2.31. The zero-order valence-electron chi connectivity index (χ0n) is 9.79. The lowest BCUT2D eigenvalue weighted by Crippen LogP contribution is -2.01. The molecule has 0 aliphatic rings. The van der Waals surface area contributed by atoms with Crippen molar-refractivity contribution in [2.75, 3.05) is 11.1 Å². The second kappa shape index (κ2) is 4.41. The van der Waals surface area contributed by atoms with Gasteiger partial charge in [-0.05, 0) is 49.2 Å². The van der Waals surface area contributed by atoms with Crippen molar-refractivity contribution in [3.63, 3.8) is 0 Å². The van der Waals surface area contributed by atoms with E-state index in [2.05, 4.69) is 10.3 Å². The summed E-state index contributed by atoms with van der Waals surface area (Å²) >= 11 is 0. The van der Waals surface area contributed by atoms with Gasteiger partial charge in [-0.25, -0.2) is 9.37 Å². The first kappa shape index (κ1) is 11.4. The Morgan fingerprint density at radius 2 is 1.94 bits per heavy atom. The van der Waals surface area contributed by atoms with Crippen LogP contribution in [0.1, 0.15) is 11.1 Å². The fraction of sp³-hybridized carbons (Fsp3) is 0.154. The number of nitrogens with one attached hydrogen (secondary N) is 1. The molecule has 0 amide bonds. The molecule has 0 saturated heterocycles. The number of aromatic nitrogens is 1. The molecule has 0 bridgehead atoms. The number of aryl methyl sites for hydroxylation is 2. The van der Waals surface area contributed by atoms with Crippen molar-refractivity contribution in [2.24, 2.45) is 0 Å². The molecule has 0 aliphatic heterocycles. The first-order valence-electron chi connectivity index (χ1n) is 5.32.